The molecule has 1 aliphatic heterocycles. The summed E-state index contributed by atoms with van der Waals surface area (Å²) in [5, 5.41) is 2.75. The summed E-state index contributed by atoms with van der Waals surface area (Å²) >= 11 is 0. The van der Waals surface area contributed by atoms with Gasteiger partial charge in [0, 0.05) is 5.69 Å². The van der Waals surface area contributed by atoms with Crippen LogP contribution >= 0.6 is 0 Å². The van der Waals surface area contributed by atoms with Crippen LogP contribution in [-0.2, 0) is 10.0 Å². The van der Waals surface area contributed by atoms with Crippen LogP contribution in [0.15, 0.2) is 21.6 Å². The van der Waals surface area contributed by atoms with Crippen molar-refractivity contribution >= 4 is 22.0 Å². The van der Waals surface area contributed by atoms with E-state index >= 15 is 0 Å². The third kappa shape index (κ3) is 1.72. The van der Waals surface area contributed by atoms with Crippen molar-refractivity contribution in [2.45, 2.75) is 24.7 Å². The molecule has 6 heteroatoms. The first-order valence-corrected chi connectivity index (χ1v) is 6.00. The van der Waals surface area contributed by atoms with E-state index in [1.165, 1.54) is 6.20 Å². The van der Waals surface area contributed by atoms with Crippen LogP contribution in [0.25, 0.3) is 0 Å². The fourth-order valence-electron chi connectivity index (χ4n) is 1.31. The third-order valence-electron chi connectivity index (χ3n) is 2.17. The van der Waals surface area contributed by atoms with Gasteiger partial charge in [0.2, 0.25) is 0 Å². The molecular weight excluding hydrogens is 214 g/mol. The third-order valence-corrected chi connectivity index (χ3v) is 3.44. The highest BCUT2D eigenvalue weighted by atomic mass is 32.2. The lowest BCUT2D eigenvalue weighted by Crippen LogP contribution is -2.12. The van der Waals surface area contributed by atoms with Gasteiger partial charge < -0.3 is 5.32 Å². The van der Waals surface area contributed by atoms with E-state index < -0.39 is 10.0 Å². The van der Waals surface area contributed by atoms with Crippen molar-refractivity contribution in [3.05, 3.63) is 18.0 Å². The van der Waals surface area contributed by atoms with Gasteiger partial charge in [0.05, 0.1) is 11.9 Å². The number of aromatic nitrogens is 1. The molecule has 2 heterocycles. The van der Waals surface area contributed by atoms with Gasteiger partial charge in [-0.3, -0.25) is 4.98 Å². The number of rotatable bonds is 1. The van der Waals surface area contributed by atoms with Crippen molar-refractivity contribution < 1.29 is 8.42 Å². The lowest BCUT2D eigenvalue weighted by Gasteiger charge is -2.13. The first-order chi connectivity index (χ1) is 7.00. The van der Waals surface area contributed by atoms with Crippen LogP contribution in [0.4, 0.5) is 5.69 Å². The molecule has 5 nitrogen and oxygen atoms in total. The largest absolute Gasteiger partial charge is 0.343 e. The van der Waals surface area contributed by atoms with Crippen LogP contribution in [0, 0.1) is 0 Å². The molecule has 1 aromatic rings. The molecule has 0 spiro atoms. The normalized spacial score (nSPS) is 17.3. The van der Waals surface area contributed by atoms with Crippen molar-refractivity contribution in [1.82, 2.24) is 4.98 Å². The Hall–Kier alpha value is -1.43. The highest BCUT2D eigenvalue weighted by molar-refractivity contribution is 7.90. The number of nitrogens with zero attached hydrogens (tertiary/aromatic N) is 2. The average molecular weight is 225 g/mol. The number of nitrogens with one attached hydrogen (secondary N) is 1. The standard InChI is InChI=1S/C9H11N3O2S/c1-6(2)7-3-9-8(4-10-7)11-5-12-15(9,13)14/h3-6H,1-2H3,(H,11,12). The summed E-state index contributed by atoms with van der Waals surface area (Å²) < 4.78 is 26.6. The molecule has 0 fully saturated rings. The summed E-state index contributed by atoms with van der Waals surface area (Å²) in [6, 6.07) is 1.57. The van der Waals surface area contributed by atoms with Gasteiger partial charge in [-0.1, -0.05) is 13.8 Å². The van der Waals surface area contributed by atoms with Crippen LogP contribution in [0.1, 0.15) is 25.5 Å². The zero-order valence-electron chi connectivity index (χ0n) is 8.43. The summed E-state index contributed by atoms with van der Waals surface area (Å²) in [5.41, 5.74) is 1.23. The molecule has 1 N–H and O–H groups in total. The monoisotopic (exact) mass is 225 g/mol. The predicted molar refractivity (Wildman–Crippen MR) is 57.6 cm³/mol. The van der Waals surface area contributed by atoms with Crippen molar-refractivity contribution in [2.75, 3.05) is 5.32 Å². The zero-order valence-corrected chi connectivity index (χ0v) is 9.25. The van der Waals surface area contributed by atoms with Gasteiger partial charge in [-0.25, -0.2) is 0 Å². The fourth-order valence-corrected chi connectivity index (χ4v) is 2.28. The van der Waals surface area contributed by atoms with Gasteiger partial charge in [-0.15, -0.1) is 4.40 Å². The van der Waals surface area contributed by atoms with Gasteiger partial charge in [0.25, 0.3) is 10.0 Å². The van der Waals surface area contributed by atoms with Gasteiger partial charge in [0.1, 0.15) is 11.2 Å². The second kappa shape index (κ2) is 3.30. The molecule has 0 bridgehead atoms. The van der Waals surface area contributed by atoms with E-state index in [1.807, 2.05) is 13.8 Å². The molecule has 2 rings (SSSR count). The van der Waals surface area contributed by atoms with Gasteiger partial charge in [0.15, 0.2) is 0 Å². The Labute approximate surface area is 88.3 Å². The van der Waals surface area contributed by atoms with E-state index in [0.29, 0.717) is 5.69 Å². The summed E-state index contributed by atoms with van der Waals surface area (Å²) in [6.07, 6.45) is 2.68. The molecular formula is C9H11N3O2S. The minimum Gasteiger partial charge on any atom is -0.343 e. The quantitative estimate of drug-likeness (QED) is 0.783. The number of hydrogen-bond donors (Lipinski definition) is 1. The van der Waals surface area contributed by atoms with Crippen LogP contribution in [0.3, 0.4) is 0 Å². The Kier molecular flexibility index (Phi) is 2.22. The summed E-state index contributed by atoms with van der Waals surface area (Å²) in [5.74, 6) is 0.191. The Morgan fingerprint density at radius 2 is 2.13 bits per heavy atom. The smallest absolute Gasteiger partial charge is 0.285 e. The molecule has 0 amide bonds. The van der Waals surface area contributed by atoms with Crippen molar-refractivity contribution in [3.63, 3.8) is 0 Å². The SMILES string of the molecule is CC(C)c1cc2c(cn1)NC=NS2(=O)=O. The summed E-state index contributed by atoms with van der Waals surface area (Å²) in [6.45, 7) is 3.92. The molecule has 0 saturated heterocycles. The topological polar surface area (TPSA) is 71.4 Å². The molecule has 0 atom stereocenters. The van der Waals surface area contributed by atoms with E-state index in [9.17, 15) is 8.42 Å². The van der Waals surface area contributed by atoms with Crippen molar-refractivity contribution in [1.29, 1.82) is 0 Å². The number of anilines is 1. The second-order valence-corrected chi connectivity index (χ2v) is 5.21. The van der Waals surface area contributed by atoms with Gasteiger partial charge in [-0.05, 0) is 12.0 Å². The van der Waals surface area contributed by atoms with Gasteiger partial charge in [-0.2, -0.15) is 8.42 Å². The number of sulfonamides is 1. The maximum absolute atomic E-state index is 11.6. The molecule has 1 aliphatic rings. The molecule has 0 unspecified atom stereocenters. The average Bonchev–Trinajstić information content (AvgIpc) is 2.17. The molecule has 0 saturated carbocycles. The zero-order chi connectivity index (χ0) is 11.1. The molecule has 0 radical (unpaired) electrons. The maximum Gasteiger partial charge on any atom is 0.285 e. The number of hydrogen-bond acceptors (Lipinski definition) is 4. The number of fused-ring (bicyclic) bond motifs is 1. The van der Waals surface area contributed by atoms with Crippen molar-refractivity contribution in [2.24, 2.45) is 4.40 Å². The lowest BCUT2D eigenvalue weighted by molar-refractivity contribution is 0.597. The van der Waals surface area contributed by atoms with E-state index in [4.69, 9.17) is 0 Å². The van der Waals surface area contributed by atoms with Crippen LogP contribution in [0.5, 0.6) is 0 Å². The van der Waals surface area contributed by atoms with E-state index in [-0.39, 0.29) is 10.8 Å². The molecule has 15 heavy (non-hydrogen) atoms. The molecule has 0 aliphatic carbocycles. The van der Waals surface area contributed by atoms with Crippen molar-refractivity contribution in [3.8, 4) is 0 Å². The summed E-state index contributed by atoms with van der Waals surface area (Å²) in [4.78, 5) is 4.37. The van der Waals surface area contributed by atoms with Crippen LogP contribution < -0.4 is 5.32 Å². The number of pyridine rings is 1. The Morgan fingerprint density at radius 3 is 2.80 bits per heavy atom. The van der Waals surface area contributed by atoms with Crippen LogP contribution in [-0.4, -0.2) is 19.7 Å². The lowest BCUT2D eigenvalue weighted by atomic mass is 10.1. The van der Waals surface area contributed by atoms with Crippen LogP contribution in [0.2, 0.25) is 0 Å². The first kappa shape index (κ1) is 10.1. The second-order valence-electron chi connectivity index (χ2n) is 3.61. The first-order valence-electron chi connectivity index (χ1n) is 4.56. The fraction of sp³-hybridized carbons (Fsp3) is 0.333. The molecule has 80 valence electrons. The van der Waals surface area contributed by atoms with Gasteiger partial charge >= 0.3 is 0 Å². The van der Waals surface area contributed by atoms with E-state index in [1.54, 1.807) is 6.07 Å². The minimum atomic E-state index is -3.53. The maximum atomic E-state index is 11.6. The highest BCUT2D eigenvalue weighted by Crippen LogP contribution is 2.27. The Bertz CT molecular complexity index is 520. The van der Waals surface area contributed by atoms with E-state index in [0.717, 1.165) is 12.0 Å². The molecule has 1 aromatic heterocycles. The highest BCUT2D eigenvalue weighted by Gasteiger charge is 2.22. The van der Waals surface area contributed by atoms with E-state index in [2.05, 4.69) is 14.7 Å². The molecule has 0 aromatic carbocycles. The predicted octanol–water partition coefficient (Wildman–Crippen LogP) is 1.35. The Morgan fingerprint density at radius 1 is 1.40 bits per heavy atom. The summed E-state index contributed by atoms with van der Waals surface area (Å²) in [7, 11) is -3.53. The Balaban J connectivity index is 2.63. The minimum absolute atomic E-state index is 0.191.